The van der Waals surface area contributed by atoms with E-state index in [1.165, 1.54) is 18.2 Å². The fraction of sp³-hybridized carbons (Fsp3) is 0.636. The molecule has 1 heterocycles. The van der Waals surface area contributed by atoms with Gasteiger partial charge >= 0.3 is 0 Å². The van der Waals surface area contributed by atoms with Crippen LogP contribution in [0.4, 0.5) is 5.69 Å². The van der Waals surface area contributed by atoms with Crippen LogP contribution in [0.3, 0.4) is 0 Å². The molecule has 0 radical (unpaired) electrons. The van der Waals surface area contributed by atoms with Crippen molar-refractivity contribution in [3.63, 3.8) is 0 Å². The maximum absolute atomic E-state index is 13.2. The van der Waals surface area contributed by atoms with E-state index in [-0.39, 0.29) is 54.5 Å². The van der Waals surface area contributed by atoms with Crippen LogP contribution >= 0.6 is 0 Å². The first-order chi connectivity index (χ1) is 15.3. The molecule has 1 aromatic carbocycles. The Labute approximate surface area is 196 Å². The molecule has 0 aliphatic carbocycles. The lowest BCUT2D eigenvalue weighted by molar-refractivity contribution is -0.136. The van der Waals surface area contributed by atoms with Gasteiger partial charge in [0.25, 0.3) is 5.91 Å². The number of carbonyl (C=O) groups excluding carboxylic acids is 2. The molecule has 1 aliphatic rings. The zero-order chi connectivity index (χ0) is 24.9. The molecule has 1 aromatic rings. The van der Waals surface area contributed by atoms with Gasteiger partial charge in [-0.05, 0) is 33.2 Å². The van der Waals surface area contributed by atoms with Gasteiger partial charge in [0.15, 0.2) is 0 Å². The van der Waals surface area contributed by atoms with E-state index in [1.54, 1.807) is 24.0 Å². The SMILES string of the molecule is CO[C@H]1CN(C)C(=O)c2ccc(NS(C)(=O)=O)cc2OC[C@H](C)N(C(=O)CN(C)C)C[C@@H]1C. The van der Waals surface area contributed by atoms with Crippen molar-refractivity contribution in [2.24, 2.45) is 5.92 Å². The lowest BCUT2D eigenvalue weighted by Gasteiger charge is -2.36. The predicted octanol–water partition coefficient (Wildman–Crippen LogP) is 0.952. The number of sulfonamides is 1. The van der Waals surface area contributed by atoms with Crippen molar-refractivity contribution in [2.45, 2.75) is 26.0 Å². The Bertz CT molecular complexity index is 952. The van der Waals surface area contributed by atoms with Gasteiger partial charge in [-0.15, -0.1) is 0 Å². The Morgan fingerprint density at radius 1 is 1.27 bits per heavy atom. The smallest absolute Gasteiger partial charge is 0.257 e. The summed E-state index contributed by atoms with van der Waals surface area (Å²) in [4.78, 5) is 31.3. The predicted molar refractivity (Wildman–Crippen MR) is 127 cm³/mol. The number of anilines is 1. The number of methoxy groups -OCH3 is 1. The molecule has 0 fully saturated rings. The van der Waals surface area contributed by atoms with Crippen LogP contribution < -0.4 is 9.46 Å². The van der Waals surface area contributed by atoms with Crippen LogP contribution in [0.2, 0.25) is 0 Å². The van der Waals surface area contributed by atoms with Crippen LogP contribution in [0.5, 0.6) is 5.75 Å². The van der Waals surface area contributed by atoms with Crippen LogP contribution in [0.25, 0.3) is 0 Å². The third kappa shape index (κ3) is 7.58. The van der Waals surface area contributed by atoms with Crippen LogP contribution in [-0.2, 0) is 19.6 Å². The largest absolute Gasteiger partial charge is 0.491 e. The normalized spacial score (nSPS) is 22.8. The van der Waals surface area contributed by atoms with E-state index in [1.807, 2.05) is 32.8 Å². The number of carbonyl (C=O) groups is 2. The molecular formula is C22H36N4O6S. The molecule has 0 saturated heterocycles. The zero-order valence-electron chi connectivity index (χ0n) is 20.5. The van der Waals surface area contributed by atoms with Gasteiger partial charge in [-0.2, -0.15) is 0 Å². The second kappa shape index (κ2) is 11.2. The van der Waals surface area contributed by atoms with Gasteiger partial charge in [-0.25, -0.2) is 8.42 Å². The number of hydrogen-bond acceptors (Lipinski definition) is 7. The molecule has 3 atom stereocenters. The average molecular weight is 485 g/mol. The summed E-state index contributed by atoms with van der Waals surface area (Å²) in [5.74, 6) is -0.0834. The van der Waals surface area contributed by atoms with Gasteiger partial charge in [0.05, 0.1) is 36.2 Å². The highest BCUT2D eigenvalue weighted by molar-refractivity contribution is 7.92. The number of rotatable bonds is 5. The Morgan fingerprint density at radius 2 is 1.94 bits per heavy atom. The van der Waals surface area contributed by atoms with Crippen LogP contribution in [0, 0.1) is 5.92 Å². The summed E-state index contributed by atoms with van der Waals surface area (Å²) < 4.78 is 37.4. The van der Waals surface area contributed by atoms with E-state index >= 15 is 0 Å². The maximum atomic E-state index is 13.2. The molecule has 10 nitrogen and oxygen atoms in total. The summed E-state index contributed by atoms with van der Waals surface area (Å²) in [5, 5.41) is 0. The molecule has 11 heteroatoms. The van der Waals surface area contributed by atoms with Crippen molar-refractivity contribution in [1.29, 1.82) is 0 Å². The van der Waals surface area contributed by atoms with Crippen molar-refractivity contribution in [3.05, 3.63) is 23.8 Å². The lowest BCUT2D eigenvalue weighted by Crippen LogP contribution is -2.50. The molecule has 0 unspecified atom stereocenters. The minimum absolute atomic E-state index is 0.0287. The van der Waals surface area contributed by atoms with Gasteiger partial charge in [0.2, 0.25) is 15.9 Å². The summed E-state index contributed by atoms with van der Waals surface area (Å²) >= 11 is 0. The third-order valence-corrected chi connectivity index (χ3v) is 6.13. The van der Waals surface area contributed by atoms with Gasteiger partial charge in [0.1, 0.15) is 12.4 Å². The van der Waals surface area contributed by atoms with Crippen molar-refractivity contribution in [2.75, 3.05) is 65.5 Å². The second-order valence-electron chi connectivity index (χ2n) is 8.97. The van der Waals surface area contributed by atoms with E-state index in [2.05, 4.69) is 4.72 Å². The van der Waals surface area contributed by atoms with Crippen molar-refractivity contribution >= 4 is 27.5 Å². The number of hydrogen-bond donors (Lipinski definition) is 1. The Balaban J connectivity index is 2.47. The number of amides is 2. The summed E-state index contributed by atoms with van der Waals surface area (Å²) in [5.41, 5.74) is 0.591. The van der Waals surface area contributed by atoms with Crippen LogP contribution in [-0.4, -0.2) is 108 Å². The first-order valence-electron chi connectivity index (χ1n) is 10.8. The van der Waals surface area contributed by atoms with Crippen molar-refractivity contribution in [3.8, 4) is 5.75 Å². The van der Waals surface area contributed by atoms with E-state index in [0.29, 0.717) is 18.7 Å². The van der Waals surface area contributed by atoms with Crippen LogP contribution in [0.1, 0.15) is 24.2 Å². The number of fused-ring (bicyclic) bond motifs is 1. The Hall–Kier alpha value is -2.37. The molecule has 0 aromatic heterocycles. The lowest BCUT2D eigenvalue weighted by atomic mass is 10.0. The zero-order valence-corrected chi connectivity index (χ0v) is 21.3. The molecule has 186 valence electrons. The molecule has 2 amide bonds. The minimum Gasteiger partial charge on any atom is -0.491 e. The highest BCUT2D eigenvalue weighted by Crippen LogP contribution is 2.27. The molecule has 1 aliphatic heterocycles. The monoisotopic (exact) mass is 484 g/mol. The fourth-order valence-corrected chi connectivity index (χ4v) is 4.31. The number of nitrogens with one attached hydrogen (secondary N) is 1. The molecule has 1 N–H and O–H groups in total. The summed E-state index contributed by atoms with van der Waals surface area (Å²) in [7, 11) is 3.45. The van der Waals surface area contributed by atoms with Crippen LogP contribution in [0.15, 0.2) is 18.2 Å². The second-order valence-corrected chi connectivity index (χ2v) is 10.7. The molecule has 2 rings (SSSR count). The third-order valence-electron chi connectivity index (χ3n) is 5.52. The van der Waals surface area contributed by atoms with Gasteiger partial charge < -0.3 is 24.2 Å². The number of likely N-dealkylation sites (N-methyl/N-ethyl adjacent to an activating group) is 2. The molecule has 33 heavy (non-hydrogen) atoms. The quantitative estimate of drug-likeness (QED) is 0.663. The molecule has 0 saturated carbocycles. The summed E-state index contributed by atoms with van der Waals surface area (Å²) in [6.45, 7) is 5.05. The number of nitrogens with zero attached hydrogens (tertiary/aromatic N) is 3. The van der Waals surface area contributed by atoms with E-state index in [9.17, 15) is 18.0 Å². The minimum atomic E-state index is -3.50. The van der Waals surface area contributed by atoms with Crippen molar-refractivity contribution in [1.82, 2.24) is 14.7 Å². The topological polar surface area (TPSA) is 108 Å². The first kappa shape index (κ1) is 26.9. The fourth-order valence-electron chi connectivity index (χ4n) is 3.76. The highest BCUT2D eigenvalue weighted by Gasteiger charge is 2.30. The Kier molecular flexibility index (Phi) is 9.10. The molecular weight excluding hydrogens is 448 g/mol. The van der Waals surface area contributed by atoms with Gasteiger partial charge in [0, 0.05) is 39.2 Å². The van der Waals surface area contributed by atoms with Gasteiger partial charge in [-0.1, -0.05) is 6.92 Å². The van der Waals surface area contributed by atoms with E-state index in [0.717, 1.165) is 6.26 Å². The number of benzene rings is 1. The van der Waals surface area contributed by atoms with E-state index in [4.69, 9.17) is 9.47 Å². The molecule has 0 bridgehead atoms. The average Bonchev–Trinajstić information content (AvgIpc) is 2.70. The maximum Gasteiger partial charge on any atom is 0.257 e. The number of ether oxygens (including phenoxy) is 2. The van der Waals surface area contributed by atoms with Gasteiger partial charge in [-0.3, -0.25) is 14.3 Å². The standard InChI is InChI=1S/C22H36N4O6S/c1-15-11-26(21(27)13-24(3)4)16(2)14-32-19-10-17(23-33(7,29)30)8-9-18(19)22(28)25(5)12-20(15)31-6/h8-10,15-16,20,23H,11-14H2,1-7H3/t15-,16-,20-/m0/s1. The van der Waals surface area contributed by atoms with Crippen molar-refractivity contribution < 1.29 is 27.5 Å². The van der Waals surface area contributed by atoms with E-state index < -0.39 is 10.0 Å². The summed E-state index contributed by atoms with van der Waals surface area (Å²) in [6, 6.07) is 4.26. The molecule has 0 spiro atoms. The summed E-state index contributed by atoms with van der Waals surface area (Å²) in [6.07, 6.45) is 0.769. The Morgan fingerprint density at radius 3 is 2.52 bits per heavy atom. The first-order valence-corrected chi connectivity index (χ1v) is 12.7. The highest BCUT2D eigenvalue weighted by atomic mass is 32.2.